The Balaban J connectivity index is 2.18. The van der Waals surface area contributed by atoms with Crippen LogP contribution in [0.15, 0.2) is 11.6 Å². The molecule has 0 aliphatic heterocycles. The maximum absolute atomic E-state index is 11.5. The highest BCUT2D eigenvalue weighted by Crippen LogP contribution is 2.09. The normalized spacial score (nSPS) is 10.7. The first-order chi connectivity index (χ1) is 7.72. The van der Waals surface area contributed by atoms with Crippen LogP contribution in [0.1, 0.15) is 6.42 Å². The standard InChI is InChI=1S/C10H17N3O2S/c1-13(5-3-6-15-2)8-9(14)12-10-11-4-7-16-10/h4,7H,3,5-6,8H2,1-2H3,(H,11,12,14). The Morgan fingerprint density at radius 2 is 2.50 bits per heavy atom. The van der Waals surface area contributed by atoms with Crippen molar-refractivity contribution in [2.45, 2.75) is 6.42 Å². The molecule has 0 unspecified atom stereocenters. The van der Waals surface area contributed by atoms with Crippen molar-refractivity contribution in [2.24, 2.45) is 0 Å². The van der Waals surface area contributed by atoms with Crippen LogP contribution in [0.5, 0.6) is 0 Å². The number of carbonyl (C=O) groups excluding carboxylic acids is 1. The number of thiazole rings is 1. The van der Waals surface area contributed by atoms with Gasteiger partial charge in [-0.1, -0.05) is 0 Å². The lowest BCUT2D eigenvalue weighted by Crippen LogP contribution is -2.31. The largest absolute Gasteiger partial charge is 0.385 e. The number of hydrogen-bond donors (Lipinski definition) is 1. The molecule has 1 rings (SSSR count). The van der Waals surface area contributed by atoms with Crippen LogP contribution in [-0.4, -0.2) is 49.6 Å². The molecule has 5 nitrogen and oxygen atoms in total. The van der Waals surface area contributed by atoms with E-state index in [2.05, 4.69) is 10.3 Å². The van der Waals surface area contributed by atoms with Crippen molar-refractivity contribution in [3.63, 3.8) is 0 Å². The fourth-order valence-corrected chi connectivity index (χ4v) is 1.79. The maximum atomic E-state index is 11.5. The van der Waals surface area contributed by atoms with Gasteiger partial charge in [-0.25, -0.2) is 4.98 Å². The van der Waals surface area contributed by atoms with Crippen LogP contribution in [0, 0.1) is 0 Å². The molecule has 1 N–H and O–H groups in total. The summed E-state index contributed by atoms with van der Waals surface area (Å²) >= 11 is 1.42. The number of hydrogen-bond acceptors (Lipinski definition) is 5. The van der Waals surface area contributed by atoms with E-state index in [1.807, 2.05) is 17.3 Å². The van der Waals surface area contributed by atoms with E-state index in [9.17, 15) is 4.79 Å². The Morgan fingerprint density at radius 1 is 1.69 bits per heavy atom. The van der Waals surface area contributed by atoms with Crippen molar-refractivity contribution in [3.8, 4) is 0 Å². The Hall–Kier alpha value is -0.980. The van der Waals surface area contributed by atoms with E-state index in [0.717, 1.165) is 19.6 Å². The van der Waals surface area contributed by atoms with E-state index >= 15 is 0 Å². The smallest absolute Gasteiger partial charge is 0.240 e. The van der Waals surface area contributed by atoms with Gasteiger partial charge < -0.3 is 10.1 Å². The summed E-state index contributed by atoms with van der Waals surface area (Å²) in [6, 6.07) is 0. The number of ether oxygens (including phenoxy) is 1. The Morgan fingerprint density at radius 3 is 3.12 bits per heavy atom. The summed E-state index contributed by atoms with van der Waals surface area (Å²) in [7, 11) is 3.59. The summed E-state index contributed by atoms with van der Waals surface area (Å²) in [5, 5.41) is 5.22. The molecule has 1 aromatic rings. The van der Waals surface area contributed by atoms with E-state index in [1.165, 1.54) is 11.3 Å². The van der Waals surface area contributed by atoms with Crippen LogP contribution >= 0.6 is 11.3 Å². The van der Waals surface area contributed by atoms with Crippen molar-refractivity contribution < 1.29 is 9.53 Å². The van der Waals surface area contributed by atoms with Crippen molar-refractivity contribution in [3.05, 3.63) is 11.6 Å². The van der Waals surface area contributed by atoms with Gasteiger partial charge in [-0.3, -0.25) is 9.69 Å². The summed E-state index contributed by atoms with van der Waals surface area (Å²) in [5.41, 5.74) is 0. The van der Waals surface area contributed by atoms with E-state index in [-0.39, 0.29) is 5.91 Å². The quantitative estimate of drug-likeness (QED) is 0.727. The molecule has 90 valence electrons. The fourth-order valence-electron chi connectivity index (χ4n) is 1.25. The van der Waals surface area contributed by atoms with Crippen molar-refractivity contribution in [1.82, 2.24) is 9.88 Å². The van der Waals surface area contributed by atoms with Crippen molar-refractivity contribution >= 4 is 22.4 Å². The summed E-state index contributed by atoms with van der Waals surface area (Å²) in [5.74, 6) is -0.0325. The van der Waals surface area contributed by atoms with Gasteiger partial charge in [0.25, 0.3) is 0 Å². The van der Waals surface area contributed by atoms with Crippen LogP contribution in [0.4, 0.5) is 5.13 Å². The summed E-state index contributed by atoms with van der Waals surface area (Å²) in [6.07, 6.45) is 2.60. The third-order valence-corrected chi connectivity index (χ3v) is 2.67. The third-order valence-electron chi connectivity index (χ3n) is 1.98. The zero-order chi connectivity index (χ0) is 11.8. The van der Waals surface area contributed by atoms with E-state index in [0.29, 0.717) is 11.7 Å². The number of anilines is 1. The molecule has 1 amide bonds. The van der Waals surface area contributed by atoms with Gasteiger partial charge in [0.1, 0.15) is 0 Å². The molecule has 0 saturated carbocycles. The summed E-state index contributed by atoms with van der Waals surface area (Å²) in [4.78, 5) is 17.5. The zero-order valence-corrected chi connectivity index (χ0v) is 10.4. The van der Waals surface area contributed by atoms with E-state index in [4.69, 9.17) is 4.74 Å². The van der Waals surface area contributed by atoms with Crippen molar-refractivity contribution in [1.29, 1.82) is 0 Å². The van der Waals surface area contributed by atoms with E-state index < -0.39 is 0 Å². The van der Waals surface area contributed by atoms with Crippen molar-refractivity contribution in [2.75, 3.05) is 39.2 Å². The molecule has 0 radical (unpaired) electrons. The lowest BCUT2D eigenvalue weighted by Gasteiger charge is -2.15. The predicted molar refractivity (Wildman–Crippen MR) is 64.7 cm³/mol. The first-order valence-corrected chi connectivity index (χ1v) is 5.97. The highest BCUT2D eigenvalue weighted by molar-refractivity contribution is 7.13. The van der Waals surface area contributed by atoms with Gasteiger partial charge in [0, 0.05) is 31.8 Å². The van der Waals surface area contributed by atoms with Crippen LogP contribution < -0.4 is 5.32 Å². The number of aromatic nitrogens is 1. The second-order valence-corrected chi connectivity index (χ2v) is 4.36. The Bertz CT molecular complexity index is 303. The van der Waals surface area contributed by atoms with Crippen LogP contribution in [0.3, 0.4) is 0 Å². The van der Waals surface area contributed by atoms with Gasteiger partial charge in [-0.05, 0) is 13.5 Å². The highest BCUT2D eigenvalue weighted by atomic mass is 32.1. The molecule has 6 heteroatoms. The SMILES string of the molecule is COCCCN(C)CC(=O)Nc1nccs1. The second-order valence-electron chi connectivity index (χ2n) is 3.47. The average molecular weight is 243 g/mol. The third kappa shape index (κ3) is 5.20. The lowest BCUT2D eigenvalue weighted by atomic mass is 10.4. The summed E-state index contributed by atoms with van der Waals surface area (Å²) in [6.45, 7) is 1.95. The second kappa shape index (κ2) is 7.32. The van der Waals surface area contributed by atoms with Crippen LogP contribution in [0.2, 0.25) is 0 Å². The first kappa shape index (κ1) is 13.1. The molecule has 0 bridgehead atoms. The van der Waals surface area contributed by atoms with Gasteiger partial charge in [0.2, 0.25) is 5.91 Å². The molecule has 0 atom stereocenters. The predicted octanol–water partition coefficient (Wildman–Crippen LogP) is 1.05. The van der Waals surface area contributed by atoms with Gasteiger partial charge in [-0.2, -0.15) is 0 Å². The number of methoxy groups -OCH3 is 1. The number of nitrogens with one attached hydrogen (secondary N) is 1. The molecular formula is C10H17N3O2S. The number of amides is 1. The monoisotopic (exact) mass is 243 g/mol. The molecule has 0 spiro atoms. The van der Waals surface area contributed by atoms with Gasteiger partial charge in [-0.15, -0.1) is 11.3 Å². The molecule has 0 aliphatic carbocycles. The van der Waals surface area contributed by atoms with Gasteiger partial charge in [0.15, 0.2) is 5.13 Å². The van der Waals surface area contributed by atoms with Crippen LogP contribution in [0.25, 0.3) is 0 Å². The van der Waals surface area contributed by atoms with Gasteiger partial charge in [0.05, 0.1) is 6.54 Å². The zero-order valence-electron chi connectivity index (χ0n) is 9.60. The van der Waals surface area contributed by atoms with E-state index in [1.54, 1.807) is 13.3 Å². The Kier molecular flexibility index (Phi) is 5.99. The maximum Gasteiger partial charge on any atom is 0.240 e. The topological polar surface area (TPSA) is 54.5 Å². The average Bonchev–Trinajstić information content (AvgIpc) is 2.70. The number of nitrogens with zero attached hydrogens (tertiary/aromatic N) is 2. The molecule has 16 heavy (non-hydrogen) atoms. The molecule has 1 aromatic heterocycles. The number of carbonyl (C=O) groups is 1. The number of likely N-dealkylation sites (N-methyl/N-ethyl adjacent to an activating group) is 1. The minimum Gasteiger partial charge on any atom is -0.385 e. The lowest BCUT2D eigenvalue weighted by molar-refractivity contribution is -0.117. The number of rotatable bonds is 7. The molecule has 0 saturated heterocycles. The highest BCUT2D eigenvalue weighted by Gasteiger charge is 2.07. The van der Waals surface area contributed by atoms with Crippen LogP contribution in [-0.2, 0) is 9.53 Å². The minimum atomic E-state index is -0.0325. The van der Waals surface area contributed by atoms with Gasteiger partial charge >= 0.3 is 0 Å². The fraction of sp³-hybridized carbons (Fsp3) is 0.600. The summed E-state index contributed by atoms with van der Waals surface area (Å²) < 4.78 is 4.95. The molecule has 0 aromatic carbocycles. The molecular weight excluding hydrogens is 226 g/mol. The minimum absolute atomic E-state index is 0.0325. The molecule has 1 heterocycles. The Labute approximate surface area is 99.4 Å². The molecule has 0 aliphatic rings. The molecule has 0 fully saturated rings. The first-order valence-electron chi connectivity index (χ1n) is 5.09.